The van der Waals surface area contributed by atoms with Gasteiger partial charge in [-0.1, -0.05) is 11.3 Å². The average Bonchev–Trinajstić information content (AvgIpc) is 2.62. The Bertz CT molecular complexity index is 427. The molecule has 14 heavy (non-hydrogen) atoms. The zero-order valence-electron chi connectivity index (χ0n) is 7.47. The van der Waals surface area contributed by atoms with E-state index in [0.717, 1.165) is 14.9 Å². The molecule has 2 rings (SSSR count). The van der Waals surface area contributed by atoms with Crippen LogP contribution in [0.25, 0.3) is 0 Å². The van der Waals surface area contributed by atoms with Crippen LogP contribution in [0.15, 0.2) is 27.1 Å². The molecule has 0 aliphatic rings. The van der Waals surface area contributed by atoms with Crippen molar-refractivity contribution in [1.82, 2.24) is 15.2 Å². The standard InChI is InChI=1S/C8H8N4S2/c1-5-2-6(9)7(10-3-5)14-8-12-11-4-13-8/h2-4H,9H2,1H3. The molecule has 0 aliphatic carbocycles. The van der Waals surface area contributed by atoms with Crippen LogP contribution < -0.4 is 5.73 Å². The lowest BCUT2D eigenvalue weighted by Crippen LogP contribution is -1.92. The second kappa shape index (κ2) is 3.93. The molecule has 6 heteroatoms. The summed E-state index contributed by atoms with van der Waals surface area (Å²) in [5.41, 5.74) is 9.24. The maximum absolute atomic E-state index is 5.81. The first-order valence-corrected chi connectivity index (χ1v) is 5.61. The van der Waals surface area contributed by atoms with E-state index >= 15 is 0 Å². The molecule has 0 saturated heterocycles. The monoisotopic (exact) mass is 224 g/mol. The molecule has 0 spiro atoms. The fourth-order valence-corrected chi connectivity index (χ4v) is 2.33. The van der Waals surface area contributed by atoms with E-state index in [9.17, 15) is 0 Å². The molecule has 0 radical (unpaired) electrons. The minimum absolute atomic E-state index is 0.685. The fraction of sp³-hybridized carbons (Fsp3) is 0.125. The molecule has 2 heterocycles. The van der Waals surface area contributed by atoms with Gasteiger partial charge in [0, 0.05) is 6.20 Å². The molecule has 0 unspecified atom stereocenters. The van der Waals surface area contributed by atoms with Gasteiger partial charge >= 0.3 is 0 Å². The van der Waals surface area contributed by atoms with Gasteiger partial charge in [-0.2, -0.15) is 0 Å². The van der Waals surface area contributed by atoms with E-state index < -0.39 is 0 Å². The Morgan fingerprint density at radius 1 is 1.50 bits per heavy atom. The Labute approximate surface area is 89.6 Å². The Balaban J connectivity index is 2.25. The van der Waals surface area contributed by atoms with Crippen molar-refractivity contribution in [1.29, 1.82) is 0 Å². The minimum Gasteiger partial charge on any atom is -0.397 e. The van der Waals surface area contributed by atoms with Crippen LogP contribution in [-0.2, 0) is 0 Å². The fourth-order valence-electron chi connectivity index (χ4n) is 0.955. The van der Waals surface area contributed by atoms with Gasteiger partial charge in [0.2, 0.25) is 0 Å². The van der Waals surface area contributed by atoms with Gasteiger partial charge in [0.05, 0.1) is 5.69 Å². The van der Waals surface area contributed by atoms with Crippen molar-refractivity contribution in [3.63, 3.8) is 0 Å². The largest absolute Gasteiger partial charge is 0.397 e. The van der Waals surface area contributed by atoms with E-state index in [1.807, 2.05) is 13.0 Å². The third-order valence-corrected chi connectivity index (χ3v) is 3.35. The molecule has 72 valence electrons. The molecule has 0 saturated carbocycles. The summed E-state index contributed by atoms with van der Waals surface area (Å²) in [6, 6.07) is 1.90. The quantitative estimate of drug-likeness (QED) is 0.845. The Hall–Kier alpha value is -1.14. The first-order chi connectivity index (χ1) is 6.75. The van der Waals surface area contributed by atoms with Gasteiger partial charge in [0.15, 0.2) is 4.34 Å². The van der Waals surface area contributed by atoms with Gasteiger partial charge in [-0.05, 0) is 30.3 Å². The highest BCUT2D eigenvalue weighted by Crippen LogP contribution is 2.30. The Morgan fingerprint density at radius 3 is 3.00 bits per heavy atom. The lowest BCUT2D eigenvalue weighted by molar-refractivity contribution is 1.01. The lowest BCUT2D eigenvalue weighted by atomic mass is 10.3. The van der Waals surface area contributed by atoms with E-state index in [2.05, 4.69) is 15.2 Å². The molecule has 0 bridgehead atoms. The molecule has 2 aromatic heterocycles. The van der Waals surface area contributed by atoms with E-state index in [4.69, 9.17) is 5.73 Å². The molecular weight excluding hydrogens is 216 g/mol. The number of aryl methyl sites for hydroxylation is 1. The molecule has 4 nitrogen and oxygen atoms in total. The van der Waals surface area contributed by atoms with Gasteiger partial charge in [-0.15, -0.1) is 10.2 Å². The topological polar surface area (TPSA) is 64.7 Å². The summed E-state index contributed by atoms with van der Waals surface area (Å²) < 4.78 is 0.855. The van der Waals surface area contributed by atoms with Crippen molar-refractivity contribution < 1.29 is 0 Å². The average molecular weight is 224 g/mol. The van der Waals surface area contributed by atoms with E-state index in [1.54, 1.807) is 11.7 Å². The summed E-state index contributed by atoms with van der Waals surface area (Å²) in [4.78, 5) is 4.23. The van der Waals surface area contributed by atoms with Crippen molar-refractivity contribution in [2.75, 3.05) is 5.73 Å². The SMILES string of the molecule is Cc1cnc(Sc2nncs2)c(N)c1. The summed E-state index contributed by atoms with van der Waals surface area (Å²) in [6.07, 6.45) is 1.79. The number of pyridine rings is 1. The number of nitrogens with two attached hydrogens (primary N) is 1. The van der Waals surface area contributed by atoms with Crippen LogP contribution in [0.5, 0.6) is 0 Å². The van der Waals surface area contributed by atoms with Crippen molar-refractivity contribution in [2.24, 2.45) is 0 Å². The summed E-state index contributed by atoms with van der Waals surface area (Å²) in [5, 5.41) is 8.44. The zero-order chi connectivity index (χ0) is 9.97. The highest BCUT2D eigenvalue weighted by atomic mass is 32.2. The predicted octanol–water partition coefficient (Wildman–Crippen LogP) is 1.97. The number of hydrogen-bond acceptors (Lipinski definition) is 6. The predicted molar refractivity (Wildman–Crippen MR) is 57.4 cm³/mol. The van der Waals surface area contributed by atoms with Crippen molar-refractivity contribution in [2.45, 2.75) is 16.3 Å². The first-order valence-electron chi connectivity index (χ1n) is 3.92. The Morgan fingerprint density at radius 2 is 2.36 bits per heavy atom. The maximum Gasteiger partial charge on any atom is 0.180 e. The van der Waals surface area contributed by atoms with E-state index in [1.165, 1.54) is 23.1 Å². The van der Waals surface area contributed by atoms with Gasteiger partial charge in [0.25, 0.3) is 0 Å². The minimum atomic E-state index is 0.685. The second-order valence-corrected chi connectivity index (χ2v) is 4.78. The van der Waals surface area contributed by atoms with Crippen LogP contribution >= 0.6 is 23.1 Å². The number of hydrogen-bond donors (Lipinski definition) is 1. The summed E-state index contributed by atoms with van der Waals surface area (Å²) in [7, 11) is 0. The van der Waals surface area contributed by atoms with Gasteiger partial charge in [-0.3, -0.25) is 0 Å². The van der Waals surface area contributed by atoms with Crippen LogP contribution in [0.1, 0.15) is 5.56 Å². The summed E-state index contributed by atoms with van der Waals surface area (Å²) in [5.74, 6) is 0. The summed E-state index contributed by atoms with van der Waals surface area (Å²) >= 11 is 2.91. The molecule has 0 aliphatic heterocycles. The normalized spacial score (nSPS) is 10.4. The lowest BCUT2D eigenvalue weighted by Gasteiger charge is -2.01. The van der Waals surface area contributed by atoms with Crippen LogP contribution in [0.3, 0.4) is 0 Å². The van der Waals surface area contributed by atoms with Crippen molar-refractivity contribution in [3.05, 3.63) is 23.3 Å². The molecule has 0 atom stereocenters. The molecule has 0 aromatic carbocycles. The smallest absolute Gasteiger partial charge is 0.180 e. The third-order valence-electron chi connectivity index (χ3n) is 1.54. The third kappa shape index (κ3) is 2.02. The van der Waals surface area contributed by atoms with Gasteiger partial charge < -0.3 is 5.73 Å². The number of nitrogen functional groups attached to an aromatic ring is 1. The molecule has 2 N–H and O–H groups in total. The van der Waals surface area contributed by atoms with Crippen LogP contribution in [-0.4, -0.2) is 15.2 Å². The highest BCUT2D eigenvalue weighted by Gasteiger charge is 2.05. The first kappa shape index (κ1) is 9.42. The van der Waals surface area contributed by atoms with Crippen LogP contribution in [0, 0.1) is 6.92 Å². The van der Waals surface area contributed by atoms with Gasteiger partial charge in [-0.25, -0.2) is 4.98 Å². The highest BCUT2D eigenvalue weighted by molar-refractivity contribution is 8.01. The number of anilines is 1. The van der Waals surface area contributed by atoms with E-state index in [-0.39, 0.29) is 0 Å². The Kier molecular flexibility index (Phi) is 2.64. The number of rotatable bonds is 2. The van der Waals surface area contributed by atoms with E-state index in [0.29, 0.717) is 5.69 Å². The molecule has 2 aromatic rings. The number of aromatic nitrogens is 3. The molecule has 0 fully saturated rings. The second-order valence-electron chi connectivity index (χ2n) is 2.71. The number of nitrogens with zero attached hydrogens (tertiary/aromatic N) is 3. The van der Waals surface area contributed by atoms with Crippen LogP contribution in [0.4, 0.5) is 5.69 Å². The molecule has 0 amide bonds. The van der Waals surface area contributed by atoms with Crippen LogP contribution in [0.2, 0.25) is 0 Å². The maximum atomic E-state index is 5.81. The van der Waals surface area contributed by atoms with Crippen molar-refractivity contribution in [3.8, 4) is 0 Å². The summed E-state index contributed by atoms with van der Waals surface area (Å²) in [6.45, 7) is 1.96. The zero-order valence-corrected chi connectivity index (χ0v) is 9.10. The molecular formula is C8H8N4S2. The van der Waals surface area contributed by atoms with Crippen molar-refractivity contribution >= 4 is 28.8 Å². The van der Waals surface area contributed by atoms with Gasteiger partial charge in [0.1, 0.15) is 10.5 Å².